The molecule has 2 aromatic carbocycles. The second kappa shape index (κ2) is 9.24. The maximum Gasteiger partial charge on any atom is 0.387 e. The van der Waals surface area contributed by atoms with Gasteiger partial charge in [-0.2, -0.15) is 19.1 Å². The Hall–Kier alpha value is -2.96. The highest BCUT2D eigenvalue weighted by atomic mass is 35.5. The van der Waals surface area contributed by atoms with E-state index in [0.29, 0.717) is 22.3 Å². The largest absolute Gasteiger partial charge is 0.432 e. The number of nitrogens with one attached hydrogen (secondary N) is 1. The molecule has 1 N–H and O–H groups in total. The van der Waals surface area contributed by atoms with Gasteiger partial charge in [-0.25, -0.2) is 14.4 Å². The molecule has 0 saturated heterocycles. The van der Waals surface area contributed by atoms with Crippen molar-refractivity contribution in [3.8, 4) is 11.9 Å². The molecule has 0 amide bonds. The lowest BCUT2D eigenvalue weighted by Crippen LogP contribution is -2.35. The molecule has 0 spiro atoms. The number of halogens is 5. The number of guanidine groups is 1. The minimum atomic E-state index is -3.19. The smallest absolute Gasteiger partial charge is 0.387 e. The van der Waals surface area contributed by atoms with Gasteiger partial charge in [0.1, 0.15) is 5.69 Å². The van der Waals surface area contributed by atoms with Gasteiger partial charge in [0.05, 0.1) is 22.3 Å². The predicted molar refractivity (Wildman–Crippen MR) is 108 cm³/mol. The molecule has 11 heteroatoms. The molecule has 0 aliphatic carbocycles. The number of nitriles is 1. The van der Waals surface area contributed by atoms with Crippen molar-refractivity contribution < 1.29 is 17.9 Å². The summed E-state index contributed by atoms with van der Waals surface area (Å²) < 4.78 is 43.5. The van der Waals surface area contributed by atoms with Gasteiger partial charge in [0.2, 0.25) is 5.96 Å². The fourth-order valence-electron chi connectivity index (χ4n) is 2.83. The van der Waals surface area contributed by atoms with Crippen LogP contribution in [0.2, 0.25) is 10.0 Å². The van der Waals surface area contributed by atoms with E-state index in [1.54, 1.807) is 24.4 Å². The highest BCUT2D eigenvalue weighted by Crippen LogP contribution is 2.30. The lowest BCUT2D eigenvalue weighted by Gasteiger charge is -2.15. The van der Waals surface area contributed by atoms with Gasteiger partial charge < -0.3 is 4.74 Å². The SMILES string of the molecule is CC1CN(C(=Nc2cccc(OC(F)F)c2F)NC#N)N=C1c1ccc(Cl)c(Cl)c1. The van der Waals surface area contributed by atoms with Crippen LogP contribution in [-0.4, -0.2) is 29.8 Å². The number of rotatable bonds is 4. The first-order valence-corrected chi connectivity index (χ1v) is 9.34. The van der Waals surface area contributed by atoms with Crippen LogP contribution in [0.3, 0.4) is 0 Å². The molecule has 1 atom stereocenters. The van der Waals surface area contributed by atoms with E-state index < -0.39 is 18.2 Å². The molecule has 156 valence electrons. The molecule has 1 unspecified atom stereocenters. The molecule has 1 heterocycles. The van der Waals surface area contributed by atoms with Crippen LogP contribution < -0.4 is 10.1 Å². The Kier molecular flexibility index (Phi) is 6.70. The van der Waals surface area contributed by atoms with Crippen molar-refractivity contribution in [3.05, 3.63) is 57.8 Å². The summed E-state index contributed by atoms with van der Waals surface area (Å²) in [4.78, 5) is 4.05. The summed E-state index contributed by atoms with van der Waals surface area (Å²) in [5.41, 5.74) is 1.10. The summed E-state index contributed by atoms with van der Waals surface area (Å²) in [6.45, 7) is -0.950. The minimum Gasteiger partial charge on any atom is -0.432 e. The van der Waals surface area contributed by atoms with Crippen LogP contribution in [0.25, 0.3) is 0 Å². The first kappa shape index (κ1) is 21.7. The van der Waals surface area contributed by atoms with Gasteiger partial charge in [-0.1, -0.05) is 42.3 Å². The predicted octanol–water partition coefficient (Wildman–Crippen LogP) is 5.15. The Morgan fingerprint density at radius 2 is 2.10 bits per heavy atom. The highest BCUT2D eigenvalue weighted by molar-refractivity contribution is 6.42. The molecule has 0 saturated carbocycles. The Balaban J connectivity index is 1.96. The summed E-state index contributed by atoms with van der Waals surface area (Å²) in [6.07, 6.45) is 1.71. The zero-order valence-corrected chi connectivity index (χ0v) is 16.9. The molecular weight excluding hydrogens is 442 g/mol. The van der Waals surface area contributed by atoms with Gasteiger partial charge in [-0.15, -0.1) is 0 Å². The average Bonchev–Trinajstić information content (AvgIpc) is 3.08. The van der Waals surface area contributed by atoms with Crippen molar-refractivity contribution in [1.82, 2.24) is 10.3 Å². The molecule has 0 aromatic heterocycles. The standard InChI is InChI=1S/C19H14Cl2F3N5O/c1-10-8-29(28-17(10)11-5-6-12(20)13(21)7-11)19(26-9-25)27-14-3-2-4-15(16(14)22)30-18(23)24/h2-7,10,18H,8H2,1H3,(H,26,27). The quantitative estimate of drug-likeness (QED) is 0.299. The van der Waals surface area contributed by atoms with E-state index in [4.69, 9.17) is 28.5 Å². The van der Waals surface area contributed by atoms with E-state index in [1.165, 1.54) is 17.1 Å². The van der Waals surface area contributed by atoms with Crippen LogP contribution in [0.4, 0.5) is 18.9 Å². The zero-order valence-electron chi connectivity index (χ0n) is 15.4. The molecule has 0 fully saturated rings. The van der Waals surface area contributed by atoms with Crippen LogP contribution in [0.5, 0.6) is 5.75 Å². The van der Waals surface area contributed by atoms with Crippen LogP contribution in [0.15, 0.2) is 46.5 Å². The van der Waals surface area contributed by atoms with E-state index in [1.807, 2.05) is 6.92 Å². The topological polar surface area (TPSA) is 73.0 Å². The van der Waals surface area contributed by atoms with E-state index in [9.17, 15) is 13.2 Å². The third-order valence-electron chi connectivity index (χ3n) is 4.15. The number of aliphatic imine (C=N–C) groups is 1. The number of hydrogen-bond donors (Lipinski definition) is 1. The van der Waals surface area contributed by atoms with Crippen molar-refractivity contribution in [2.24, 2.45) is 16.0 Å². The molecule has 2 aromatic rings. The third-order valence-corrected chi connectivity index (χ3v) is 4.89. The van der Waals surface area contributed by atoms with Crippen molar-refractivity contribution in [2.45, 2.75) is 13.5 Å². The fraction of sp³-hybridized carbons (Fsp3) is 0.211. The summed E-state index contributed by atoms with van der Waals surface area (Å²) in [6, 6.07) is 8.69. The van der Waals surface area contributed by atoms with Crippen LogP contribution >= 0.6 is 23.2 Å². The maximum absolute atomic E-state index is 14.5. The van der Waals surface area contributed by atoms with Gasteiger partial charge in [0.25, 0.3) is 0 Å². The molecular formula is C19H14Cl2F3N5O. The molecule has 1 aliphatic heterocycles. The monoisotopic (exact) mass is 455 g/mol. The van der Waals surface area contributed by atoms with Gasteiger partial charge in [0.15, 0.2) is 17.8 Å². The van der Waals surface area contributed by atoms with Crippen molar-refractivity contribution in [2.75, 3.05) is 6.54 Å². The normalized spacial score (nSPS) is 16.5. The third kappa shape index (κ3) is 4.78. The molecule has 0 radical (unpaired) electrons. The zero-order chi connectivity index (χ0) is 21.8. The lowest BCUT2D eigenvalue weighted by atomic mass is 9.99. The Labute approximate surface area is 180 Å². The summed E-state index contributed by atoms with van der Waals surface area (Å²) in [5.74, 6) is -1.90. The Bertz CT molecular complexity index is 1050. The number of benzene rings is 2. The minimum absolute atomic E-state index is 0.0764. The summed E-state index contributed by atoms with van der Waals surface area (Å²) in [5, 5.41) is 18.0. The van der Waals surface area contributed by atoms with E-state index in [-0.39, 0.29) is 17.6 Å². The van der Waals surface area contributed by atoms with Gasteiger partial charge in [-0.05, 0) is 29.8 Å². The summed E-state index contributed by atoms with van der Waals surface area (Å²) in [7, 11) is 0. The maximum atomic E-state index is 14.5. The van der Waals surface area contributed by atoms with Crippen molar-refractivity contribution >= 4 is 40.6 Å². The van der Waals surface area contributed by atoms with Gasteiger partial charge >= 0.3 is 6.61 Å². The lowest BCUT2D eigenvalue weighted by molar-refractivity contribution is -0.0521. The van der Waals surface area contributed by atoms with E-state index >= 15 is 0 Å². The van der Waals surface area contributed by atoms with Crippen LogP contribution in [-0.2, 0) is 0 Å². The number of hydrogen-bond acceptors (Lipinski definition) is 4. The highest BCUT2D eigenvalue weighted by Gasteiger charge is 2.28. The first-order chi connectivity index (χ1) is 14.3. The number of hydrazone groups is 1. The van der Waals surface area contributed by atoms with Crippen LogP contribution in [0.1, 0.15) is 12.5 Å². The Morgan fingerprint density at radius 1 is 1.33 bits per heavy atom. The second-order valence-corrected chi connectivity index (χ2v) is 7.05. The molecule has 3 rings (SSSR count). The molecule has 1 aliphatic rings. The van der Waals surface area contributed by atoms with Gasteiger partial charge in [-0.3, -0.25) is 5.32 Å². The van der Waals surface area contributed by atoms with Gasteiger partial charge in [0, 0.05) is 5.92 Å². The molecule has 30 heavy (non-hydrogen) atoms. The van der Waals surface area contributed by atoms with Crippen LogP contribution in [0, 0.1) is 23.2 Å². The fourth-order valence-corrected chi connectivity index (χ4v) is 3.13. The average molecular weight is 456 g/mol. The first-order valence-electron chi connectivity index (χ1n) is 8.58. The van der Waals surface area contributed by atoms with E-state index in [2.05, 4.69) is 20.1 Å². The molecule has 0 bridgehead atoms. The molecule has 6 nitrogen and oxygen atoms in total. The number of alkyl halides is 2. The number of nitrogens with zero attached hydrogens (tertiary/aromatic N) is 4. The van der Waals surface area contributed by atoms with Crippen molar-refractivity contribution in [1.29, 1.82) is 5.26 Å². The van der Waals surface area contributed by atoms with Crippen molar-refractivity contribution in [3.63, 3.8) is 0 Å². The Morgan fingerprint density at radius 3 is 2.77 bits per heavy atom. The second-order valence-electron chi connectivity index (χ2n) is 6.24. The number of ether oxygens (including phenoxy) is 1. The summed E-state index contributed by atoms with van der Waals surface area (Å²) >= 11 is 12.0. The van der Waals surface area contributed by atoms with E-state index in [0.717, 1.165) is 11.6 Å².